The fourth-order valence-corrected chi connectivity index (χ4v) is 6.02. The van der Waals surface area contributed by atoms with Crippen molar-refractivity contribution >= 4 is 69.7 Å². The zero-order valence-corrected chi connectivity index (χ0v) is 25.9. The number of thioether (sulfide) groups is 2. The van der Waals surface area contributed by atoms with Gasteiger partial charge in [0.1, 0.15) is 5.70 Å². The summed E-state index contributed by atoms with van der Waals surface area (Å²) < 4.78 is 4.25. The Bertz CT molecular complexity index is 1560. The Labute approximate surface area is 258 Å². The molecule has 0 saturated heterocycles. The molecule has 0 saturated carbocycles. The van der Waals surface area contributed by atoms with Crippen LogP contribution in [0.15, 0.2) is 94.6 Å². The summed E-state index contributed by atoms with van der Waals surface area (Å²) >= 11 is 4.08. The fourth-order valence-electron chi connectivity index (χ4n) is 3.74. The van der Waals surface area contributed by atoms with Crippen LogP contribution in [-0.4, -0.2) is 38.1 Å². The first-order valence-corrected chi connectivity index (χ1v) is 16.0. The van der Waals surface area contributed by atoms with Crippen LogP contribution in [0.1, 0.15) is 41.8 Å². The predicted octanol–water partition coefficient (Wildman–Crippen LogP) is 6.88. The number of hydrogen-bond donors (Lipinski definition) is 3. The molecule has 0 bridgehead atoms. The van der Waals surface area contributed by atoms with E-state index in [1.165, 1.54) is 23.5 Å². The first-order chi connectivity index (χ1) is 20.3. The van der Waals surface area contributed by atoms with Gasteiger partial charge >= 0.3 is 0 Å². The number of aromatic nitrogens is 2. The highest BCUT2D eigenvalue weighted by Crippen LogP contribution is 2.29. The van der Waals surface area contributed by atoms with Crippen molar-refractivity contribution in [2.45, 2.75) is 42.5 Å². The Hall–Kier alpha value is -3.93. The van der Waals surface area contributed by atoms with E-state index in [-0.39, 0.29) is 22.8 Å². The van der Waals surface area contributed by atoms with Crippen LogP contribution < -0.4 is 16.0 Å². The topological polar surface area (TPSA) is 113 Å². The average Bonchev–Trinajstić information content (AvgIpc) is 3.44. The molecule has 0 aliphatic rings. The summed E-state index contributed by atoms with van der Waals surface area (Å²) in [4.78, 5) is 44.5. The molecule has 0 fully saturated rings. The Morgan fingerprint density at radius 1 is 0.952 bits per heavy atom. The molecule has 0 aliphatic heterocycles. The van der Waals surface area contributed by atoms with Gasteiger partial charge in [0.05, 0.1) is 5.25 Å². The first-order valence-electron chi connectivity index (χ1n) is 13.3. The van der Waals surface area contributed by atoms with E-state index in [1.807, 2.05) is 69.3 Å². The third-order valence-electron chi connectivity index (χ3n) is 5.86. The molecular formula is C31H31N5O3S3. The van der Waals surface area contributed by atoms with Crippen LogP contribution in [-0.2, 0) is 9.59 Å². The molecule has 42 heavy (non-hydrogen) atoms. The third kappa shape index (κ3) is 9.04. The number of hydrogen-bond acceptors (Lipinski definition) is 8. The maximum Gasteiger partial charge on any atom is 0.272 e. The maximum atomic E-state index is 13.4. The van der Waals surface area contributed by atoms with Crippen LogP contribution in [0.4, 0.5) is 10.8 Å². The smallest absolute Gasteiger partial charge is 0.272 e. The van der Waals surface area contributed by atoms with Crippen molar-refractivity contribution in [2.24, 2.45) is 0 Å². The largest absolute Gasteiger partial charge is 0.321 e. The number of nitrogens with one attached hydrogen (secondary N) is 3. The molecule has 4 rings (SSSR count). The molecule has 3 aromatic carbocycles. The first kappa shape index (κ1) is 31.0. The molecule has 216 valence electrons. The van der Waals surface area contributed by atoms with Crippen molar-refractivity contribution < 1.29 is 14.4 Å². The lowest BCUT2D eigenvalue weighted by atomic mass is 10.1. The standard InChI is InChI=1S/C31H31N5O3S3/c1-4-26(29(39)34-30-35-31(36-42-30)40-5-2)41-24-13-9-12-23(19-24)32-28(38)25(18-21-16-14-20(3)15-17-21)33-27(37)22-10-7-6-8-11-22/h6-19,26H,4-5H2,1-3H3,(H,32,38)(H,33,37)(H,34,35,36,39)/b25-18-. The van der Waals surface area contributed by atoms with Gasteiger partial charge in [-0.3, -0.25) is 19.7 Å². The highest BCUT2D eigenvalue weighted by molar-refractivity contribution is 8.00. The molecule has 1 aromatic heterocycles. The molecule has 1 heterocycles. The van der Waals surface area contributed by atoms with Crippen LogP contribution >= 0.6 is 35.1 Å². The number of rotatable bonds is 12. The second-order valence-corrected chi connectivity index (χ2v) is 12.3. The third-order valence-corrected chi connectivity index (χ3v) is 8.70. The number of carbonyl (C=O) groups is 3. The van der Waals surface area contributed by atoms with E-state index >= 15 is 0 Å². The lowest BCUT2D eigenvalue weighted by Gasteiger charge is -2.15. The summed E-state index contributed by atoms with van der Waals surface area (Å²) in [6.45, 7) is 5.94. The van der Waals surface area contributed by atoms with E-state index in [9.17, 15) is 14.4 Å². The number of amides is 3. The molecule has 1 atom stereocenters. The lowest BCUT2D eigenvalue weighted by Crippen LogP contribution is -2.30. The lowest BCUT2D eigenvalue weighted by molar-refractivity contribution is -0.116. The van der Waals surface area contributed by atoms with Crippen molar-refractivity contribution in [1.29, 1.82) is 0 Å². The second-order valence-electron chi connectivity index (χ2n) is 9.09. The van der Waals surface area contributed by atoms with Gasteiger partial charge < -0.3 is 10.6 Å². The number of carbonyl (C=O) groups excluding carboxylic acids is 3. The predicted molar refractivity (Wildman–Crippen MR) is 173 cm³/mol. The molecule has 0 aliphatic carbocycles. The molecule has 11 heteroatoms. The second kappa shape index (κ2) is 15.3. The Morgan fingerprint density at radius 3 is 2.43 bits per heavy atom. The van der Waals surface area contributed by atoms with Crippen LogP contribution in [0.25, 0.3) is 6.08 Å². The van der Waals surface area contributed by atoms with Gasteiger partial charge in [-0.05, 0) is 61.1 Å². The number of benzene rings is 3. The van der Waals surface area contributed by atoms with Gasteiger partial charge in [-0.15, -0.1) is 11.8 Å². The maximum absolute atomic E-state index is 13.4. The van der Waals surface area contributed by atoms with E-state index in [2.05, 4.69) is 25.3 Å². The van der Waals surface area contributed by atoms with E-state index < -0.39 is 5.91 Å². The molecule has 0 radical (unpaired) electrons. The zero-order valence-electron chi connectivity index (χ0n) is 23.4. The molecule has 0 spiro atoms. The van der Waals surface area contributed by atoms with Crippen molar-refractivity contribution in [2.75, 3.05) is 16.4 Å². The van der Waals surface area contributed by atoms with Crippen LogP contribution in [0.5, 0.6) is 0 Å². The number of anilines is 2. The monoisotopic (exact) mass is 617 g/mol. The van der Waals surface area contributed by atoms with Gasteiger partial charge in [-0.1, -0.05) is 79.7 Å². The number of aryl methyl sites for hydroxylation is 1. The van der Waals surface area contributed by atoms with Crippen molar-refractivity contribution in [3.63, 3.8) is 0 Å². The molecule has 8 nitrogen and oxygen atoms in total. The summed E-state index contributed by atoms with van der Waals surface area (Å²) in [5, 5.41) is 9.27. The van der Waals surface area contributed by atoms with Crippen LogP contribution in [0, 0.1) is 6.92 Å². The number of nitrogens with zero attached hydrogens (tertiary/aromatic N) is 2. The van der Waals surface area contributed by atoms with Gasteiger partial charge in [-0.2, -0.15) is 9.36 Å². The summed E-state index contributed by atoms with van der Waals surface area (Å²) in [5.74, 6) is -0.162. The van der Waals surface area contributed by atoms with Crippen molar-refractivity contribution in [1.82, 2.24) is 14.7 Å². The molecular weight excluding hydrogens is 587 g/mol. The Morgan fingerprint density at radius 2 is 1.71 bits per heavy atom. The Kier molecular flexibility index (Phi) is 11.3. The van der Waals surface area contributed by atoms with Gasteiger partial charge in [0.15, 0.2) is 0 Å². The van der Waals surface area contributed by atoms with E-state index in [0.717, 1.165) is 33.3 Å². The highest BCUT2D eigenvalue weighted by atomic mass is 32.2. The molecule has 3 amide bonds. The van der Waals surface area contributed by atoms with Crippen LogP contribution in [0.2, 0.25) is 0 Å². The highest BCUT2D eigenvalue weighted by Gasteiger charge is 2.21. The molecule has 1 unspecified atom stereocenters. The van der Waals surface area contributed by atoms with E-state index in [4.69, 9.17) is 0 Å². The summed E-state index contributed by atoms with van der Waals surface area (Å²) in [5.41, 5.74) is 2.94. The minimum atomic E-state index is -0.469. The fraction of sp³-hybridized carbons (Fsp3) is 0.194. The van der Waals surface area contributed by atoms with Gasteiger partial charge in [0.2, 0.25) is 16.2 Å². The average molecular weight is 618 g/mol. The molecule has 3 N–H and O–H groups in total. The van der Waals surface area contributed by atoms with Gasteiger partial charge in [-0.25, -0.2) is 0 Å². The minimum Gasteiger partial charge on any atom is -0.321 e. The molecule has 4 aromatic rings. The van der Waals surface area contributed by atoms with E-state index in [0.29, 0.717) is 28.0 Å². The van der Waals surface area contributed by atoms with Gasteiger partial charge in [0.25, 0.3) is 11.8 Å². The summed E-state index contributed by atoms with van der Waals surface area (Å²) in [6, 6.07) is 23.6. The van der Waals surface area contributed by atoms with Crippen LogP contribution in [0.3, 0.4) is 0 Å². The Balaban J connectivity index is 1.47. The normalized spacial score (nSPS) is 11.9. The van der Waals surface area contributed by atoms with Crippen molar-refractivity contribution in [3.05, 3.63) is 101 Å². The van der Waals surface area contributed by atoms with Crippen molar-refractivity contribution in [3.8, 4) is 0 Å². The minimum absolute atomic E-state index is 0.106. The van der Waals surface area contributed by atoms with E-state index in [1.54, 1.807) is 36.4 Å². The van der Waals surface area contributed by atoms with Gasteiger partial charge in [0, 0.05) is 27.7 Å². The zero-order chi connectivity index (χ0) is 29.9. The summed E-state index contributed by atoms with van der Waals surface area (Å²) in [7, 11) is 0. The quantitative estimate of drug-likeness (QED) is 0.117. The summed E-state index contributed by atoms with van der Waals surface area (Å²) in [6.07, 6.45) is 2.24. The SMILES string of the molecule is CCSc1nsc(NC(=O)C(CC)Sc2cccc(NC(=O)/C(=C/c3ccc(C)cc3)NC(=O)c3ccccc3)c2)n1.